The largest absolute Gasteiger partial charge is 0.451 e. The van der Waals surface area contributed by atoms with E-state index >= 15 is 4.39 Å². The third-order valence-corrected chi connectivity index (χ3v) is 5.76. The van der Waals surface area contributed by atoms with E-state index in [1.54, 1.807) is 66.7 Å². The molecule has 2 aliphatic rings. The van der Waals surface area contributed by atoms with Gasteiger partial charge in [-0.2, -0.15) is 0 Å². The Morgan fingerprint density at radius 3 is 1.62 bits per heavy atom. The SMILES string of the molecule is O=C(OC1[C@H]2O[C@H](OC(=O)c3ccccc3)[C@@H](F)[C@@]12OC(=O)c1ccccc1)c1ccccc1. The van der Waals surface area contributed by atoms with Crippen LogP contribution in [0.25, 0.3) is 0 Å². The Balaban J connectivity index is 1.36. The first-order chi connectivity index (χ1) is 16.5. The number of benzene rings is 3. The van der Waals surface area contributed by atoms with Gasteiger partial charge in [0.2, 0.25) is 18.1 Å². The molecule has 3 aromatic carbocycles. The van der Waals surface area contributed by atoms with Crippen LogP contribution in [0.15, 0.2) is 91.0 Å². The van der Waals surface area contributed by atoms with Gasteiger partial charge in [-0.1, -0.05) is 54.6 Å². The molecule has 172 valence electrons. The van der Waals surface area contributed by atoms with Gasteiger partial charge in [-0.15, -0.1) is 0 Å². The quantitative estimate of drug-likeness (QED) is 0.407. The second-order valence-electron chi connectivity index (χ2n) is 7.90. The van der Waals surface area contributed by atoms with Crippen molar-refractivity contribution < 1.29 is 37.7 Å². The van der Waals surface area contributed by atoms with Gasteiger partial charge in [-0.3, -0.25) is 0 Å². The van der Waals surface area contributed by atoms with E-state index in [0.717, 1.165) is 0 Å². The van der Waals surface area contributed by atoms with Gasteiger partial charge in [-0.05, 0) is 36.4 Å². The van der Waals surface area contributed by atoms with Crippen LogP contribution in [0.4, 0.5) is 4.39 Å². The van der Waals surface area contributed by atoms with Gasteiger partial charge in [-0.25, -0.2) is 18.8 Å². The van der Waals surface area contributed by atoms with E-state index in [1.165, 1.54) is 24.3 Å². The first-order valence-electron chi connectivity index (χ1n) is 10.6. The van der Waals surface area contributed by atoms with Gasteiger partial charge in [0, 0.05) is 0 Å². The van der Waals surface area contributed by atoms with E-state index in [0.29, 0.717) is 0 Å². The minimum atomic E-state index is -2.08. The molecule has 5 rings (SSSR count). The van der Waals surface area contributed by atoms with Crippen LogP contribution in [-0.2, 0) is 18.9 Å². The van der Waals surface area contributed by atoms with Crippen LogP contribution in [0.1, 0.15) is 31.1 Å². The van der Waals surface area contributed by atoms with Crippen LogP contribution in [0.3, 0.4) is 0 Å². The van der Waals surface area contributed by atoms with Gasteiger partial charge in [0.1, 0.15) is 6.10 Å². The van der Waals surface area contributed by atoms with Crippen molar-refractivity contribution in [3.8, 4) is 0 Å². The molecule has 2 fully saturated rings. The van der Waals surface area contributed by atoms with E-state index in [2.05, 4.69) is 0 Å². The summed E-state index contributed by atoms with van der Waals surface area (Å²) in [5.74, 6) is -2.33. The lowest BCUT2D eigenvalue weighted by molar-refractivity contribution is -0.145. The average Bonchev–Trinajstić information content (AvgIpc) is 3.38. The number of carbonyl (C=O) groups is 3. The molecule has 0 amide bonds. The molecule has 3 aromatic rings. The lowest BCUT2D eigenvalue weighted by Gasteiger charge is -2.23. The number of fused-ring (bicyclic) bond motifs is 1. The molecule has 5 atom stereocenters. The van der Waals surface area contributed by atoms with E-state index in [1.807, 2.05) is 0 Å². The number of rotatable bonds is 6. The molecule has 0 aromatic heterocycles. The lowest BCUT2D eigenvalue weighted by atomic mass is 10.1. The maximum absolute atomic E-state index is 15.7. The summed E-state index contributed by atoms with van der Waals surface area (Å²) in [6.45, 7) is 0. The standard InChI is InChI=1S/C26H19FO7/c27-19-25(33-23(29)17-12-6-2-7-13-17)32-21-20(31-22(28)16-10-4-1-5-11-16)26(19,21)34-24(30)18-14-8-3-9-15-18/h1-15,19-21,25H/t19-,20?,21-,25-,26-/m1/s1. The minimum Gasteiger partial charge on any atom is -0.451 e. The Morgan fingerprint density at radius 2 is 1.12 bits per heavy atom. The van der Waals surface area contributed by atoms with Crippen LogP contribution in [0, 0.1) is 0 Å². The number of hydrogen-bond donors (Lipinski definition) is 0. The van der Waals surface area contributed by atoms with E-state index in [9.17, 15) is 14.4 Å². The summed E-state index contributed by atoms with van der Waals surface area (Å²) >= 11 is 0. The van der Waals surface area contributed by atoms with Gasteiger partial charge >= 0.3 is 17.9 Å². The molecule has 1 aliphatic heterocycles. The molecule has 0 spiro atoms. The molecule has 8 heteroatoms. The number of halogens is 1. The second-order valence-corrected chi connectivity index (χ2v) is 7.90. The number of esters is 3. The molecular formula is C26H19FO7. The first-order valence-corrected chi connectivity index (χ1v) is 10.6. The van der Waals surface area contributed by atoms with Crippen molar-refractivity contribution in [3.63, 3.8) is 0 Å². The summed E-state index contributed by atoms with van der Waals surface area (Å²) < 4.78 is 37.4. The Labute approximate surface area is 194 Å². The summed E-state index contributed by atoms with van der Waals surface area (Å²) in [4.78, 5) is 37.7. The van der Waals surface area contributed by atoms with Crippen molar-refractivity contribution in [1.29, 1.82) is 0 Å². The lowest BCUT2D eigenvalue weighted by Crippen LogP contribution is -2.42. The summed E-state index contributed by atoms with van der Waals surface area (Å²) in [5.41, 5.74) is -1.28. The highest BCUT2D eigenvalue weighted by molar-refractivity contribution is 5.91. The van der Waals surface area contributed by atoms with Crippen LogP contribution in [-0.4, -0.2) is 48.2 Å². The molecule has 0 N–H and O–H groups in total. The molecule has 34 heavy (non-hydrogen) atoms. The highest BCUT2D eigenvalue weighted by Crippen LogP contribution is 2.57. The van der Waals surface area contributed by atoms with Gasteiger partial charge in [0.05, 0.1) is 16.7 Å². The maximum atomic E-state index is 15.7. The molecule has 1 unspecified atom stereocenters. The second kappa shape index (κ2) is 8.72. The van der Waals surface area contributed by atoms with E-state index in [-0.39, 0.29) is 16.7 Å². The Hall–Kier alpha value is -4.04. The van der Waals surface area contributed by atoms with Crippen molar-refractivity contribution in [2.75, 3.05) is 0 Å². The zero-order chi connectivity index (χ0) is 23.7. The Morgan fingerprint density at radius 1 is 0.676 bits per heavy atom. The van der Waals surface area contributed by atoms with Crippen molar-refractivity contribution in [3.05, 3.63) is 108 Å². The van der Waals surface area contributed by atoms with Crippen LogP contribution in [0.2, 0.25) is 0 Å². The minimum absolute atomic E-state index is 0.188. The van der Waals surface area contributed by atoms with Crippen molar-refractivity contribution in [2.24, 2.45) is 0 Å². The monoisotopic (exact) mass is 462 g/mol. The average molecular weight is 462 g/mol. The fraction of sp³-hybridized carbons (Fsp3) is 0.192. The number of ether oxygens (including phenoxy) is 4. The number of hydrogen-bond acceptors (Lipinski definition) is 7. The van der Waals surface area contributed by atoms with Gasteiger partial charge < -0.3 is 18.9 Å². The number of alkyl halides is 1. The van der Waals surface area contributed by atoms with Gasteiger partial charge in [0.15, 0.2) is 6.10 Å². The van der Waals surface area contributed by atoms with Crippen molar-refractivity contribution in [1.82, 2.24) is 0 Å². The van der Waals surface area contributed by atoms with Crippen LogP contribution < -0.4 is 0 Å². The van der Waals surface area contributed by atoms with Crippen LogP contribution in [0.5, 0.6) is 0 Å². The molecule has 1 heterocycles. The third-order valence-electron chi connectivity index (χ3n) is 5.76. The fourth-order valence-corrected chi connectivity index (χ4v) is 3.95. The third kappa shape index (κ3) is 3.82. The summed E-state index contributed by atoms with van der Waals surface area (Å²) in [7, 11) is 0. The van der Waals surface area contributed by atoms with E-state index in [4.69, 9.17) is 18.9 Å². The summed E-state index contributed by atoms with van der Waals surface area (Å²) in [6, 6.07) is 24.2. The summed E-state index contributed by atoms with van der Waals surface area (Å²) in [6.07, 6.45) is -6.04. The summed E-state index contributed by atoms with van der Waals surface area (Å²) in [5, 5.41) is 0. The molecule has 0 radical (unpaired) electrons. The maximum Gasteiger partial charge on any atom is 0.340 e. The highest BCUT2D eigenvalue weighted by Gasteiger charge is 2.84. The zero-order valence-electron chi connectivity index (χ0n) is 17.7. The zero-order valence-corrected chi connectivity index (χ0v) is 17.7. The normalized spacial score (nSPS) is 26.7. The predicted octanol–water partition coefficient (Wildman–Crippen LogP) is 3.74. The molecular weight excluding hydrogens is 443 g/mol. The Kier molecular flexibility index (Phi) is 5.59. The van der Waals surface area contributed by atoms with Crippen molar-refractivity contribution >= 4 is 17.9 Å². The van der Waals surface area contributed by atoms with E-state index < -0.39 is 48.2 Å². The molecule has 0 bridgehead atoms. The fourth-order valence-electron chi connectivity index (χ4n) is 3.95. The predicted molar refractivity (Wildman–Crippen MR) is 116 cm³/mol. The number of carbonyl (C=O) groups excluding carboxylic acids is 3. The Bertz CT molecular complexity index is 1200. The van der Waals surface area contributed by atoms with Crippen LogP contribution >= 0.6 is 0 Å². The van der Waals surface area contributed by atoms with Gasteiger partial charge in [0.25, 0.3) is 0 Å². The topological polar surface area (TPSA) is 88.1 Å². The van der Waals surface area contributed by atoms with Crippen molar-refractivity contribution in [2.45, 2.75) is 30.3 Å². The first kappa shape index (κ1) is 21.8. The molecule has 1 saturated heterocycles. The smallest absolute Gasteiger partial charge is 0.340 e. The molecule has 1 aliphatic carbocycles. The molecule has 1 saturated carbocycles. The molecule has 7 nitrogen and oxygen atoms in total. The highest BCUT2D eigenvalue weighted by atomic mass is 19.1.